The van der Waals surface area contributed by atoms with Crippen LogP contribution in [0.3, 0.4) is 0 Å². The minimum atomic E-state index is -0.863. The molecule has 0 aromatic heterocycles. The number of unbranched alkanes of at least 4 members (excludes halogenated alkanes) is 33. The molecule has 0 saturated carbocycles. The van der Waals surface area contributed by atoms with Crippen LogP contribution in [0.1, 0.15) is 258 Å². The lowest BCUT2D eigenvalue weighted by Gasteiger charge is -2.19. The van der Waals surface area contributed by atoms with Gasteiger partial charge in [0.25, 0.3) is 0 Å². The van der Waals surface area contributed by atoms with Crippen molar-refractivity contribution in [1.82, 2.24) is 5.32 Å². The predicted molar refractivity (Wildman–Crippen MR) is 239 cm³/mol. The summed E-state index contributed by atoms with van der Waals surface area (Å²) in [4.78, 5) is 12.4. The van der Waals surface area contributed by atoms with E-state index in [0.29, 0.717) is 6.42 Å². The maximum absolute atomic E-state index is 12.4. The second kappa shape index (κ2) is 46.0. The third-order valence-corrected chi connectivity index (χ3v) is 11.1. The molecule has 0 rings (SSSR count). The molecule has 0 spiro atoms. The van der Waals surface area contributed by atoms with Gasteiger partial charge in [0.1, 0.15) is 0 Å². The van der Waals surface area contributed by atoms with Gasteiger partial charge in [-0.2, -0.15) is 0 Å². The topological polar surface area (TPSA) is 69.6 Å². The van der Waals surface area contributed by atoms with Crippen LogP contribution >= 0.6 is 0 Å². The lowest BCUT2D eigenvalue weighted by atomic mass is 10.0. The van der Waals surface area contributed by atoms with Crippen LogP contribution in [0.4, 0.5) is 0 Å². The summed E-state index contributed by atoms with van der Waals surface area (Å²) in [5, 5.41) is 23.0. The Morgan fingerprint density at radius 1 is 0.426 bits per heavy atom. The molecular formula is C50H95NO3. The van der Waals surface area contributed by atoms with Gasteiger partial charge in [-0.1, -0.05) is 230 Å². The smallest absolute Gasteiger partial charge is 0.220 e. The van der Waals surface area contributed by atoms with E-state index in [-0.39, 0.29) is 12.5 Å². The second-order valence-corrected chi connectivity index (χ2v) is 16.5. The Balaban J connectivity index is 3.57. The fourth-order valence-electron chi connectivity index (χ4n) is 7.37. The van der Waals surface area contributed by atoms with E-state index in [1.54, 1.807) is 6.08 Å². The molecule has 2 unspecified atom stereocenters. The summed E-state index contributed by atoms with van der Waals surface area (Å²) in [6, 6.07) is -0.640. The van der Waals surface area contributed by atoms with Gasteiger partial charge >= 0.3 is 0 Å². The first-order chi connectivity index (χ1) is 26.7. The quantitative estimate of drug-likeness (QED) is 0.0428. The third kappa shape index (κ3) is 41.8. The summed E-state index contributed by atoms with van der Waals surface area (Å²) < 4.78 is 0. The number of allylic oxidation sites excluding steroid dienone is 5. The number of nitrogens with one attached hydrogen (secondary N) is 1. The van der Waals surface area contributed by atoms with Crippen LogP contribution in [0, 0.1) is 0 Å². The maximum atomic E-state index is 12.4. The number of aliphatic hydroxyl groups is 2. The molecule has 0 aliphatic heterocycles. The summed E-state index contributed by atoms with van der Waals surface area (Å²) in [5.74, 6) is -0.0766. The largest absolute Gasteiger partial charge is 0.394 e. The molecule has 0 aromatic carbocycles. The fourth-order valence-corrected chi connectivity index (χ4v) is 7.37. The molecule has 0 fully saturated rings. The van der Waals surface area contributed by atoms with Gasteiger partial charge in [-0.05, 0) is 57.8 Å². The molecule has 0 radical (unpaired) electrons. The van der Waals surface area contributed by atoms with Crippen molar-refractivity contribution in [2.24, 2.45) is 0 Å². The first-order valence-electron chi connectivity index (χ1n) is 24.2. The number of carbonyl (C=O) groups is 1. The fraction of sp³-hybridized carbons (Fsp3) is 0.860. The number of hydrogen-bond acceptors (Lipinski definition) is 3. The lowest BCUT2D eigenvalue weighted by Crippen LogP contribution is -2.45. The molecule has 0 aromatic rings. The highest BCUT2D eigenvalue weighted by Crippen LogP contribution is 2.16. The van der Waals surface area contributed by atoms with E-state index in [1.807, 2.05) is 6.08 Å². The number of amides is 1. The van der Waals surface area contributed by atoms with Gasteiger partial charge < -0.3 is 15.5 Å². The van der Waals surface area contributed by atoms with Crippen molar-refractivity contribution in [3.63, 3.8) is 0 Å². The molecular weight excluding hydrogens is 663 g/mol. The van der Waals surface area contributed by atoms with Gasteiger partial charge in [0.2, 0.25) is 5.91 Å². The molecule has 0 saturated heterocycles. The van der Waals surface area contributed by atoms with Crippen LogP contribution in [0.15, 0.2) is 36.5 Å². The molecule has 1 amide bonds. The molecule has 0 bridgehead atoms. The molecule has 4 heteroatoms. The van der Waals surface area contributed by atoms with Crippen LogP contribution in [0.25, 0.3) is 0 Å². The molecule has 4 nitrogen and oxygen atoms in total. The van der Waals surface area contributed by atoms with Gasteiger partial charge in [-0.25, -0.2) is 0 Å². The number of aliphatic hydroxyl groups excluding tert-OH is 2. The first-order valence-corrected chi connectivity index (χ1v) is 24.2. The molecule has 3 N–H and O–H groups in total. The van der Waals surface area contributed by atoms with E-state index in [4.69, 9.17) is 0 Å². The molecule has 0 aliphatic carbocycles. The molecule has 2 atom stereocenters. The third-order valence-electron chi connectivity index (χ3n) is 11.1. The Labute approximate surface area is 338 Å². The monoisotopic (exact) mass is 758 g/mol. The number of rotatable bonds is 44. The molecule has 54 heavy (non-hydrogen) atoms. The Hall–Kier alpha value is -1.39. The normalized spacial score (nSPS) is 13.2. The maximum Gasteiger partial charge on any atom is 0.220 e. The highest BCUT2D eigenvalue weighted by Gasteiger charge is 2.17. The zero-order valence-electron chi connectivity index (χ0n) is 36.5. The predicted octanol–water partition coefficient (Wildman–Crippen LogP) is 15.4. The van der Waals surface area contributed by atoms with Gasteiger partial charge in [-0.15, -0.1) is 0 Å². The van der Waals surface area contributed by atoms with Gasteiger partial charge in [-0.3, -0.25) is 4.79 Å². The average Bonchev–Trinajstić information content (AvgIpc) is 3.18. The molecule has 0 heterocycles. The van der Waals surface area contributed by atoms with Gasteiger partial charge in [0.05, 0.1) is 18.8 Å². The Bertz CT molecular complexity index is 821. The van der Waals surface area contributed by atoms with Gasteiger partial charge in [0.15, 0.2) is 0 Å². The standard InChI is InChI=1S/C50H95NO3/c1-3-5-7-9-11-13-15-17-19-21-23-24-25-26-27-28-29-31-33-35-37-39-41-43-45-49(53)48(47-52)51-50(54)46-44-42-40-38-36-34-32-30-22-20-18-16-14-12-10-8-6-4-2/h20,22,35,37,43,45,48-49,52-53H,3-19,21,23-34,36,38-42,44,46-47H2,1-2H3,(H,51,54)/b22-20-,37-35+,45-43+. The van der Waals surface area contributed by atoms with E-state index in [1.165, 1.54) is 205 Å². The average molecular weight is 758 g/mol. The minimum absolute atomic E-state index is 0.0766. The summed E-state index contributed by atoms with van der Waals surface area (Å²) in [7, 11) is 0. The SMILES string of the molecule is CCCCCCCCC/C=C\CCCCCCCCCC(=O)NC(CO)C(O)/C=C/CC/C=C/CCCCCCCCCCCCCCCCCCCC. The summed E-state index contributed by atoms with van der Waals surface area (Å²) in [6.07, 6.45) is 61.3. The van der Waals surface area contributed by atoms with Crippen molar-refractivity contribution in [3.05, 3.63) is 36.5 Å². The Morgan fingerprint density at radius 3 is 1.07 bits per heavy atom. The van der Waals surface area contributed by atoms with E-state index < -0.39 is 12.1 Å². The zero-order valence-corrected chi connectivity index (χ0v) is 36.5. The minimum Gasteiger partial charge on any atom is -0.394 e. The molecule has 318 valence electrons. The van der Waals surface area contributed by atoms with E-state index in [0.717, 1.165) is 32.1 Å². The van der Waals surface area contributed by atoms with Crippen molar-refractivity contribution in [2.45, 2.75) is 270 Å². The van der Waals surface area contributed by atoms with Crippen molar-refractivity contribution >= 4 is 5.91 Å². The van der Waals surface area contributed by atoms with Crippen LogP contribution in [-0.2, 0) is 4.79 Å². The highest BCUT2D eigenvalue weighted by molar-refractivity contribution is 5.76. The summed E-state index contributed by atoms with van der Waals surface area (Å²) >= 11 is 0. The summed E-state index contributed by atoms with van der Waals surface area (Å²) in [5.41, 5.74) is 0. The number of hydrogen-bond donors (Lipinski definition) is 3. The van der Waals surface area contributed by atoms with Crippen molar-refractivity contribution in [2.75, 3.05) is 6.61 Å². The van der Waals surface area contributed by atoms with E-state index in [2.05, 4.69) is 43.5 Å². The highest BCUT2D eigenvalue weighted by atomic mass is 16.3. The van der Waals surface area contributed by atoms with Crippen molar-refractivity contribution in [1.29, 1.82) is 0 Å². The zero-order chi connectivity index (χ0) is 39.3. The second-order valence-electron chi connectivity index (χ2n) is 16.5. The summed E-state index contributed by atoms with van der Waals surface area (Å²) in [6.45, 7) is 4.31. The van der Waals surface area contributed by atoms with Crippen LogP contribution in [-0.4, -0.2) is 34.9 Å². The van der Waals surface area contributed by atoms with E-state index >= 15 is 0 Å². The Morgan fingerprint density at radius 2 is 0.722 bits per heavy atom. The van der Waals surface area contributed by atoms with Crippen molar-refractivity contribution < 1.29 is 15.0 Å². The van der Waals surface area contributed by atoms with Crippen molar-refractivity contribution in [3.8, 4) is 0 Å². The number of carbonyl (C=O) groups excluding carboxylic acids is 1. The van der Waals surface area contributed by atoms with E-state index in [9.17, 15) is 15.0 Å². The van der Waals surface area contributed by atoms with Crippen LogP contribution in [0.2, 0.25) is 0 Å². The van der Waals surface area contributed by atoms with Crippen LogP contribution in [0.5, 0.6) is 0 Å². The Kier molecular flexibility index (Phi) is 44.8. The van der Waals surface area contributed by atoms with Gasteiger partial charge in [0, 0.05) is 6.42 Å². The first kappa shape index (κ1) is 52.6. The lowest BCUT2D eigenvalue weighted by molar-refractivity contribution is -0.123. The van der Waals surface area contributed by atoms with Crippen LogP contribution < -0.4 is 5.32 Å². The molecule has 0 aliphatic rings.